The number of hydrogen-bond acceptors (Lipinski definition) is 3. The number of nitrogens with zero attached hydrogens (tertiary/aromatic N) is 2. The van der Waals surface area contributed by atoms with Crippen LogP contribution >= 0.6 is 0 Å². The van der Waals surface area contributed by atoms with Crippen molar-refractivity contribution >= 4 is 10.8 Å². The molecule has 0 atom stereocenters. The first-order valence-corrected chi connectivity index (χ1v) is 4.53. The molecule has 0 saturated carbocycles. The molecule has 76 valence electrons. The Bertz CT molecular complexity index is 480. The van der Waals surface area contributed by atoms with E-state index < -0.39 is 0 Å². The lowest BCUT2D eigenvalue weighted by Crippen LogP contribution is -1.99. The maximum Gasteiger partial charge on any atom is 0.194 e. The normalized spacial score (nSPS) is 9.93. The van der Waals surface area contributed by atoms with Gasteiger partial charge in [-0.05, 0) is 0 Å². The van der Waals surface area contributed by atoms with Gasteiger partial charge in [0.25, 0.3) is 0 Å². The molecule has 3 heteroatoms. The predicted octanol–water partition coefficient (Wildman–Crippen LogP) is 1.66. The zero-order chi connectivity index (χ0) is 11.3. The lowest BCUT2D eigenvalue weighted by atomic mass is 10.4. The summed E-state index contributed by atoms with van der Waals surface area (Å²) in [5.74, 6) is 0. The molecule has 0 fully saturated rings. The van der Waals surface area contributed by atoms with Crippen LogP contribution in [0.3, 0.4) is 0 Å². The summed E-state index contributed by atoms with van der Waals surface area (Å²) >= 11 is 0. The summed E-state index contributed by atoms with van der Waals surface area (Å²) < 4.78 is 0. The van der Waals surface area contributed by atoms with Crippen molar-refractivity contribution in [1.82, 2.24) is 4.90 Å². The van der Waals surface area contributed by atoms with Gasteiger partial charge >= 0.3 is 0 Å². The topological polar surface area (TPSA) is 44.1 Å². The van der Waals surface area contributed by atoms with Gasteiger partial charge in [-0.25, -0.2) is 0 Å². The van der Waals surface area contributed by atoms with Crippen molar-refractivity contribution < 1.29 is 0 Å². The van der Waals surface area contributed by atoms with Gasteiger partial charge in [0.1, 0.15) is 0 Å². The molecule has 0 amide bonds. The van der Waals surface area contributed by atoms with E-state index in [-0.39, 0.29) is 5.43 Å². The van der Waals surface area contributed by atoms with Crippen LogP contribution in [0, 0.1) is 11.3 Å². The third kappa shape index (κ3) is 3.28. The summed E-state index contributed by atoms with van der Waals surface area (Å²) in [5, 5.41) is 9.74. The van der Waals surface area contributed by atoms with Crippen molar-refractivity contribution in [2.45, 2.75) is 0 Å². The molecule has 0 N–H and O–H groups in total. The van der Waals surface area contributed by atoms with E-state index >= 15 is 0 Å². The van der Waals surface area contributed by atoms with Crippen molar-refractivity contribution in [3.8, 4) is 6.07 Å². The van der Waals surface area contributed by atoms with Crippen molar-refractivity contribution in [3.05, 3.63) is 46.8 Å². The Morgan fingerprint density at radius 1 is 1.27 bits per heavy atom. The third-order valence-corrected chi connectivity index (χ3v) is 1.80. The minimum Gasteiger partial charge on any atom is -0.383 e. The average molecular weight is 200 g/mol. The van der Waals surface area contributed by atoms with Crippen LogP contribution in [0.5, 0.6) is 0 Å². The number of fused-ring (bicyclic) bond motifs is 1. The molecule has 0 radical (unpaired) electrons. The second kappa shape index (κ2) is 4.97. The molecule has 0 unspecified atom stereocenters. The van der Waals surface area contributed by atoms with Gasteiger partial charge in [0.15, 0.2) is 5.43 Å². The van der Waals surface area contributed by atoms with Crippen molar-refractivity contribution in [1.29, 1.82) is 5.26 Å². The Morgan fingerprint density at radius 3 is 2.07 bits per heavy atom. The zero-order valence-corrected chi connectivity index (χ0v) is 8.77. The smallest absolute Gasteiger partial charge is 0.194 e. The van der Waals surface area contributed by atoms with Crippen LogP contribution in [-0.4, -0.2) is 19.0 Å². The minimum absolute atomic E-state index is 0.218. The number of rotatable bonds is 1. The molecule has 3 nitrogen and oxygen atoms in total. The average Bonchev–Trinajstić information content (AvgIpc) is 2.89. The highest BCUT2D eigenvalue weighted by molar-refractivity contribution is 5.96. The SMILES string of the molecule is CN(C)C=CC#N.O=c1c2ccccc12. The van der Waals surface area contributed by atoms with Gasteiger partial charge in [-0.15, -0.1) is 0 Å². The molecule has 0 bridgehead atoms. The molecule has 2 aromatic carbocycles. The second-order valence-corrected chi connectivity index (χ2v) is 3.28. The van der Waals surface area contributed by atoms with Crippen molar-refractivity contribution in [2.24, 2.45) is 0 Å². The minimum atomic E-state index is 0.218. The first-order valence-electron chi connectivity index (χ1n) is 4.53. The molecule has 15 heavy (non-hydrogen) atoms. The first-order chi connectivity index (χ1) is 7.16. The summed E-state index contributed by atoms with van der Waals surface area (Å²) in [7, 11) is 3.74. The quantitative estimate of drug-likeness (QED) is 0.657. The Balaban J connectivity index is 0.000000153. The van der Waals surface area contributed by atoms with Crippen LogP contribution in [0.25, 0.3) is 10.8 Å². The van der Waals surface area contributed by atoms with E-state index in [1.807, 2.05) is 49.3 Å². The summed E-state index contributed by atoms with van der Waals surface area (Å²) in [6.07, 6.45) is 3.12. The van der Waals surface area contributed by atoms with Crippen LogP contribution in [0.4, 0.5) is 0 Å². The van der Waals surface area contributed by atoms with Crippen LogP contribution < -0.4 is 5.43 Å². The maximum absolute atomic E-state index is 10.5. The Labute approximate surface area is 88.5 Å². The van der Waals surface area contributed by atoms with Gasteiger partial charge < -0.3 is 4.90 Å². The summed E-state index contributed by atoms with van der Waals surface area (Å²) in [4.78, 5) is 12.4. The molecule has 0 saturated heterocycles. The Hall–Kier alpha value is -2.08. The summed E-state index contributed by atoms with van der Waals surface area (Å²) in [5.41, 5.74) is 0.218. The number of benzene rings is 1. The van der Waals surface area contributed by atoms with Gasteiger partial charge in [0.05, 0.1) is 6.07 Å². The lowest BCUT2D eigenvalue weighted by Gasteiger charge is -1.99. The van der Waals surface area contributed by atoms with Crippen LogP contribution in [0.2, 0.25) is 0 Å². The van der Waals surface area contributed by atoms with E-state index in [1.165, 1.54) is 6.08 Å². The standard InChI is InChI=1S/C7H4O.C5H8N2/c8-7-5-3-1-2-4-6(5)7;1-7(2)5-3-4-6/h1-4H;3,5H,1-2H3. The predicted molar refractivity (Wildman–Crippen MR) is 61.0 cm³/mol. The van der Waals surface area contributed by atoms with Crippen molar-refractivity contribution in [2.75, 3.05) is 14.1 Å². The lowest BCUT2D eigenvalue weighted by molar-refractivity contribution is 0.564. The highest BCUT2D eigenvalue weighted by Gasteiger charge is 2.07. The van der Waals surface area contributed by atoms with E-state index in [0.29, 0.717) is 0 Å². The van der Waals surface area contributed by atoms with E-state index in [4.69, 9.17) is 5.26 Å². The second-order valence-electron chi connectivity index (χ2n) is 3.28. The van der Waals surface area contributed by atoms with Crippen molar-refractivity contribution in [3.63, 3.8) is 0 Å². The van der Waals surface area contributed by atoms with Gasteiger partial charge in [-0.1, -0.05) is 24.3 Å². The summed E-state index contributed by atoms with van der Waals surface area (Å²) in [6.45, 7) is 0. The molecule has 0 spiro atoms. The molecule has 2 rings (SSSR count). The van der Waals surface area contributed by atoms with Gasteiger partial charge in [-0.2, -0.15) is 5.26 Å². The Morgan fingerprint density at radius 2 is 1.80 bits per heavy atom. The number of allylic oxidation sites excluding steroid dienone is 1. The fourth-order valence-corrected chi connectivity index (χ4v) is 1.02. The molecule has 0 aromatic heterocycles. The molecule has 0 aliphatic rings. The van der Waals surface area contributed by atoms with Crippen LogP contribution in [0.1, 0.15) is 0 Å². The van der Waals surface area contributed by atoms with Gasteiger partial charge in [0.2, 0.25) is 0 Å². The highest BCUT2D eigenvalue weighted by Crippen LogP contribution is 2.11. The molecule has 0 aliphatic heterocycles. The largest absolute Gasteiger partial charge is 0.383 e. The molecule has 2 aromatic rings. The first kappa shape index (κ1) is 11.0. The highest BCUT2D eigenvalue weighted by atomic mass is 16.1. The van der Waals surface area contributed by atoms with Gasteiger partial charge in [-0.3, -0.25) is 4.79 Å². The third-order valence-electron chi connectivity index (χ3n) is 1.80. The van der Waals surface area contributed by atoms with E-state index in [0.717, 1.165) is 10.8 Å². The monoisotopic (exact) mass is 200 g/mol. The molecule has 0 aliphatic carbocycles. The van der Waals surface area contributed by atoms with E-state index in [9.17, 15) is 4.79 Å². The Kier molecular flexibility index (Phi) is 3.64. The van der Waals surface area contributed by atoms with E-state index in [1.54, 1.807) is 6.20 Å². The van der Waals surface area contributed by atoms with Crippen LogP contribution in [0.15, 0.2) is 41.3 Å². The maximum atomic E-state index is 10.5. The fraction of sp³-hybridized carbons (Fsp3) is 0.167. The fourth-order valence-electron chi connectivity index (χ4n) is 1.02. The number of hydrogen-bond donors (Lipinski definition) is 0. The zero-order valence-electron chi connectivity index (χ0n) is 8.77. The molecule has 0 heterocycles. The molecular formula is C12H12N2O. The van der Waals surface area contributed by atoms with E-state index in [2.05, 4.69) is 0 Å². The van der Waals surface area contributed by atoms with Crippen LogP contribution in [-0.2, 0) is 0 Å². The summed E-state index contributed by atoms with van der Waals surface area (Å²) in [6, 6.07) is 9.32. The van der Waals surface area contributed by atoms with Gasteiger partial charge in [0, 0.05) is 37.1 Å². The number of nitriles is 1. The molecular weight excluding hydrogens is 188 g/mol.